The van der Waals surface area contributed by atoms with Crippen molar-refractivity contribution in [2.45, 2.75) is 6.92 Å². The number of hydrogen-bond donors (Lipinski definition) is 2. The van der Waals surface area contributed by atoms with Gasteiger partial charge in [-0.2, -0.15) is 0 Å². The lowest BCUT2D eigenvalue weighted by atomic mass is 10.1. The molecule has 5 rings (SSSR count). The van der Waals surface area contributed by atoms with Crippen LogP contribution < -0.4 is 10.6 Å². The molecule has 0 aliphatic rings. The molecule has 0 saturated heterocycles. The molecule has 0 radical (unpaired) electrons. The van der Waals surface area contributed by atoms with Crippen molar-refractivity contribution < 1.29 is 14.0 Å². The minimum absolute atomic E-state index is 0.229. The molecule has 0 unspecified atom stereocenters. The van der Waals surface area contributed by atoms with Gasteiger partial charge in [-0.1, -0.05) is 18.2 Å². The van der Waals surface area contributed by atoms with Crippen molar-refractivity contribution in [2.24, 2.45) is 0 Å². The van der Waals surface area contributed by atoms with E-state index in [1.807, 2.05) is 43.3 Å². The third-order valence-corrected chi connectivity index (χ3v) is 5.24. The first-order valence-electron chi connectivity index (χ1n) is 10.4. The fourth-order valence-corrected chi connectivity index (χ4v) is 3.69. The third-order valence-electron chi connectivity index (χ3n) is 5.24. The summed E-state index contributed by atoms with van der Waals surface area (Å²) in [6.45, 7) is 1.94. The first-order chi connectivity index (χ1) is 16.1. The maximum Gasteiger partial charge on any atom is 0.291 e. The number of anilines is 2. The number of para-hydroxylation sites is 1. The van der Waals surface area contributed by atoms with Crippen LogP contribution in [-0.2, 0) is 0 Å². The number of hydrogen-bond acceptors (Lipinski definition) is 4. The Bertz CT molecular complexity index is 1440. The van der Waals surface area contributed by atoms with Gasteiger partial charge in [0.15, 0.2) is 5.76 Å². The normalized spacial score (nSPS) is 10.8. The van der Waals surface area contributed by atoms with Crippen LogP contribution in [0.2, 0.25) is 0 Å². The van der Waals surface area contributed by atoms with Crippen LogP contribution in [-0.4, -0.2) is 21.4 Å². The number of nitrogens with zero attached hydrogens (tertiary/aromatic N) is 2. The molecule has 0 atom stereocenters. The summed E-state index contributed by atoms with van der Waals surface area (Å²) in [6.07, 6.45) is 1.44. The number of rotatable bonds is 5. The molecule has 0 aliphatic carbocycles. The number of furan rings is 1. The van der Waals surface area contributed by atoms with Crippen molar-refractivity contribution in [3.05, 3.63) is 108 Å². The maximum absolute atomic E-state index is 12.8. The SMILES string of the molecule is Cc1nc2cc(C(=O)Nc3ccc(NC(=O)c4ccco4)cc3)ccc2n1-c1ccccc1. The Labute approximate surface area is 189 Å². The highest BCUT2D eigenvalue weighted by Crippen LogP contribution is 2.23. The number of imidazole rings is 1. The van der Waals surface area contributed by atoms with E-state index in [1.54, 1.807) is 48.5 Å². The number of benzene rings is 3. The summed E-state index contributed by atoms with van der Waals surface area (Å²) < 4.78 is 7.14. The van der Waals surface area contributed by atoms with Gasteiger partial charge >= 0.3 is 0 Å². The molecule has 33 heavy (non-hydrogen) atoms. The Balaban J connectivity index is 1.31. The van der Waals surface area contributed by atoms with E-state index in [1.165, 1.54) is 6.26 Å². The molecule has 0 fully saturated rings. The van der Waals surface area contributed by atoms with Crippen LogP contribution in [0.4, 0.5) is 11.4 Å². The highest BCUT2D eigenvalue weighted by atomic mass is 16.3. The van der Waals surface area contributed by atoms with Crippen molar-refractivity contribution in [1.82, 2.24) is 9.55 Å². The molecule has 162 valence electrons. The van der Waals surface area contributed by atoms with Crippen LogP contribution in [0.3, 0.4) is 0 Å². The number of amides is 2. The molecule has 0 saturated carbocycles. The van der Waals surface area contributed by atoms with Crippen LogP contribution in [0.25, 0.3) is 16.7 Å². The van der Waals surface area contributed by atoms with Crippen molar-refractivity contribution in [3.8, 4) is 5.69 Å². The molecule has 2 amide bonds. The number of carbonyl (C=O) groups is 2. The lowest BCUT2D eigenvalue weighted by Gasteiger charge is -2.08. The molecule has 3 aromatic carbocycles. The van der Waals surface area contributed by atoms with E-state index in [2.05, 4.69) is 20.2 Å². The molecule has 7 heteroatoms. The van der Waals surface area contributed by atoms with Crippen LogP contribution in [0, 0.1) is 6.92 Å². The Morgan fingerprint density at radius 3 is 2.18 bits per heavy atom. The van der Waals surface area contributed by atoms with Gasteiger partial charge in [0.1, 0.15) is 5.82 Å². The maximum atomic E-state index is 12.8. The smallest absolute Gasteiger partial charge is 0.291 e. The summed E-state index contributed by atoms with van der Waals surface area (Å²) in [4.78, 5) is 29.5. The minimum Gasteiger partial charge on any atom is -0.459 e. The zero-order valence-electron chi connectivity index (χ0n) is 17.8. The van der Waals surface area contributed by atoms with Gasteiger partial charge in [-0.3, -0.25) is 14.2 Å². The van der Waals surface area contributed by atoms with Crippen molar-refractivity contribution in [3.63, 3.8) is 0 Å². The van der Waals surface area contributed by atoms with E-state index in [9.17, 15) is 9.59 Å². The molecule has 0 bridgehead atoms. The summed E-state index contributed by atoms with van der Waals surface area (Å²) in [5.74, 6) is 0.500. The van der Waals surface area contributed by atoms with E-state index < -0.39 is 0 Å². The summed E-state index contributed by atoms with van der Waals surface area (Å²) in [6, 6.07) is 25.6. The largest absolute Gasteiger partial charge is 0.459 e. The molecular weight excluding hydrogens is 416 g/mol. The van der Waals surface area contributed by atoms with Crippen molar-refractivity contribution in [1.29, 1.82) is 0 Å². The number of fused-ring (bicyclic) bond motifs is 1. The Morgan fingerprint density at radius 2 is 1.52 bits per heavy atom. The summed E-state index contributed by atoms with van der Waals surface area (Å²) in [5.41, 5.74) is 4.43. The van der Waals surface area contributed by atoms with E-state index in [-0.39, 0.29) is 17.6 Å². The van der Waals surface area contributed by atoms with Gasteiger partial charge in [-0.25, -0.2) is 4.98 Å². The van der Waals surface area contributed by atoms with Gasteiger partial charge in [0.25, 0.3) is 11.8 Å². The molecule has 0 spiro atoms. The van der Waals surface area contributed by atoms with E-state index in [0.717, 1.165) is 22.5 Å². The first kappa shape index (κ1) is 20.3. The summed E-state index contributed by atoms with van der Waals surface area (Å²) in [7, 11) is 0. The second-order valence-corrected chi connectivity index (χ2v) is 7.50. The van der Waals surface area contributed by atoms with E-state index >= 15 is 0 Å². The zero-order valence-corrected chi connectivity index (χ0v) is 17.8. The average molecular weight is 436 g/mol. The lowest BCUT2D eigenvalue weighted by molar-refractivity contribution is 0.0994. The standard InChI is InChI=1S/C26H20N4O3/c1-17-27-22-16-18(9-14-23(22)30(17)21-6-3-2-4-7-21)25(31)28-19-10-12-20(13-11-19)29-26(32)24-8-5-15-33-24/h2-16H,1H3,(H,28,31)(H,29,32). The monoisotopic (exact) mass is 436 g/mol. The van der Waals surface area contributed by atoms with E-state index in [0.29, 0.717) is 16.9 Å². The topological polar surface area (TPSA) is 89.2 Å². The fourth-order valence-electron chi connectivity index (χ4n) is 3.69. The summed E-state index contributed by atoms with van der Waals surface area (Å²) in [5, 5.41) is 5.62. The predicted octanol–water partition coefficient (Wildman–Crippen LogP) is 5.43. The second-order valence-electron chi connectivity index (χ2n) is 7.50. The van der Waals surface area contributed by atoms with Crippen LogP contribution >= 0.6 is 0 Å². The van der Waals surface area contributed by atoms with Crippen LogP contribution in [0.1, 0.15) is 26.7 Å². The van der Waals surface area contributed by atoms with Gasteiger partial charge < -0.3 is 15.1 Å². The van der Waals surface area contributed by atoms with Gasteiger partial charge in [0, 0.05) is 22.6 Å². The first-order valence-corrected chi connectivity index (χ1v) is 10.4. The predicted molar refractivity (Wildman–Crippen MR) is 127 cm³/mol. The molecule has 0 aliphatic heterocycles. The Hall–Kier alpha value is -4.65. The number of aromatic nitrogens is 2. The van der Waals surface area contributed by atoms with Gasteiger partial charge in [0.2, 0.25) is 0 Å². The lowest BCUT2D eigenvalue weighted by Crippen LogP contribution is -2.13. The van der Waals surface area contributed by atoms with Gasteiger partial charge in [0.05, 0.1) is 17.3 Å². The molecule has 7 nitrogen and oxygen atoms in total. The zero-order chi connectivity index (χ0) is 22.8. The van der Waals surface area contributed by atoms with Crippen molar-refractivity contribution >= 4 is 34.2 Å². The minimum atomic E-state index is -0.338. The molecule has 2 heterocycles. The number of nitrogens with one attached hydrogen (secondary N) is 2. The van der Waals surface area contributed by atoms with Crippen LogP contribution in [0.15, 0.2) is 95.6 Å². The Kier molecular flexibility index (Phi) is 5.20. The summed E-state index contributed by atoms with van der Waals surface area (Å²) >= 11 is 0. The van der Waals surface area contributed by atoms with Gasteiger partial charge in [-0.15, -0.1) is 0 Å². The molecule has 2 aromatic heterocycles. The molecule has 2 N–H and O–H groups in total. The van der Waals surface area contributed by atoms with Crippen molar-refractivity contribution in [2.75, 3.05) is 10.6 Å². The van der Waals surface area contributed by atoms with E-state index in [4.69, 9.17) is 4.42 Å². The van der Waals surface area contributed by atoms with Crippen LogP contribution in [0.5, 0.6) is 0 Å². The average Bonchev–Trinajstić information content (AvgIpc) is 3.48. The second kappa shape index (κ2) is 8.47. The molecule has 5 aromatic rings. The molecular formula is C26H20N4O3. The quantitative estimate of drug-likeness (QED) is 0.384. The highest BCUT2D eigenvalue weighted by molar-refractivity contribution is 6.06. The Morgan fingerprint density at radius 1 is 0.818 bits per heavy atom. The van der Waals surface area contributed by atoms with Gasteiger partial charge in [-0.05, 0) is 73.7 Å². The number of aryl methyl sites for hydroxylation is 1. The third kappa shape index (κ3) is 4.12. The highest BCUT2D eigenvalue weighted by Gasteiger charge is 2.13. The fraction of sp³-hybridized carbons (Fsp3) is 0.0385. The number of carbonyl (C=O) groups excluding carboxylic acids is 2.